The molecule has 0 saturated heterocycles. The summed E-state index contributed by atoms with van der Waals surface area (Å²) in [4.78, 5) is 13.9. The van der Waals surface area contributed by atoms with Crippen LogP contribution in [-0.2, 0) is 14.8 Å². The molecule has 2 N–H and O–H groups in total. The number of hydrogen-bond acceptors (Lipinski definition) is 4. The molecule has 0 aromatic carbocycles. The topological polar surface area (TPSA) is 96.4 Å². The molecule has 0 bridgehead atoms. The zero-order valence-electron chi connectivity index (χ0n) is 9.63. The summed E-state index contributed by atoms with van der Waals surface area (Å²) in [5.74, 6) is -2.08. The Morgan fingerprint density at radius 2 is 2.22 bits per heavy atom. The minimum Gasteiger partial charge on any atom is -0.480 e. The van der Waals surface area contributed by atoms with Crippen LogP contribution in [0.25, 0.3) is 0 Å². The lowest BCUT2D eigenvalue weighted by molar-refractivity contribution is -0.139. The van der Waals surface area contributed by atoms with E-state index in [9.17, 15) is 17.6 Å². The third kappa shape index (κ3) is 3.74. The highest BCUT2D eigenvalue weighted by Gasteiger charge is 2.25. The van der Waals surface area contributed by atoms with Crippen molar-refractivity contribution >= 4 is 16.0 Å². The van der Waals surface area contributed by atoms with E-state index in [0.717, 1.165) is 18.5 Å². The van der Waals surface area contributed by atoms with Crippen LogP contribution >= 0.6 is 0 Å². The Morgan fingerprint density at radius 3 is 2.72 bits per heavy atom. The number of carboxylic acids is 1. The molecule has 1 rings (SSSR count). The molecule has 0 spiro atoms. The summed E-state index contributed by atoms with van der Waals surface area (Å²) >= 11 is 0. The largest absolute Gasteiger partial charge is 0.480 e. The predicted octanol–water partition coefficient (Wildman–Crippen LogP) is 0.752. The van der Waals surface area contributed by atoms with E-state index in [-0.39, 0.29) is 6.42 Å². The molecule has 0 radical (unpaired) electrons. The highest BCUT2D eigenvalue weighted by Crippen LogP contribution is 2.10. The summed E-state index contributed by atoms with van der Waals surface area (Å²) in [6, 6.07) is -0.455. The molecule has 0 aliphatic rings. The second-order valence-corrected chi connectivity index (χ2v) is 5.35. The average molecular weight is 276 g/mol. The first-order valence-electron chi connectivity index (χ1n) is 5.22. The van der Waals surface area contributed by atoms with Gasteiger partial charge in [-0.2, -0.15) is 4.72 Å². The summed E-state index contributed by atoms with van der Waals surface area (Å²) in [5.41, 5.74) is 0. The molecule has 1 heterocycles. The van der Waals surface area contributed by atoms with Gasteiger partial charge in [0.05, 0.1) is 6.20 Å². The monoisotopic (exact) mass is 276 g/mol. The number of carboxylic acid groups (broad SMARTS) is 1. The van der Waals surface area contributed by atoms with Crippen molar-refractivity contribution in [1.82, 2.24) is 9.71 Å². The van der Waals surface area contributed by atoms with Crippen molar-refractivity contribution in [2.75, 3.05) is 0 Å². The third-order valence-electron chi connectivity index (χ3n) is 2.16. The highest BCUT2D eigenvalue weighted by atomic mass is 32.2. The number of sulfonamides is 1. The molecule has 100 valence electrons. The van der Waals surface area contributed by atoms with Gasteiger partial charge in [0.2, 0.25) is 10.0 Å². The summed E-state index contributed by atoms with van der Waals surface area (Å²) in [6.07, 6.45) is 2.47. The zero-order valence-corrected chi connectivity index (χ0v) is 10.4. The third-order valence-corrected chi connectivity index (χ3v) is 3.60. The number of hydrogen-bond donors (Lipinski definition) is 2. The van der Waals surface area contributed by atoms with E-state index in [4.69, 9.17) is 5.11 Å². The van der Waals surface area contributed by atoms with Gasteiger partial charge in [-0.25, -0.2) is 12.8 Å². The van der Waals surface area contributed by atoms with Crippen molar-refractivity contribution in [3.63, 3.8) is 0 Å². The maximum atomic E-state index is 12.9. The van der Waals surface area contributed by atoms with Crippen molar-refractivity contribution in [3.05, 3.63) is 24.3 Å². The van der Waals surface area contributed by atoms with Crippen LogP contribution in [0.3, 0.4) is 0 Å². The Balaban J connectivity index is 2.97. The molecule has 6 nitrogen and oxygen atoms in total. The van der Waals surface area contributed by atoms with Gasteiger partial charge in [-0.15, -0.1) is 0 Å². The van der Waals surface area contributed by atoms with Crippen molar-refractivity contribution < 1.29 is 22.7 Å². The molecule has 0 fully saturated rings. The summed E-state index contributed by atoms with van der Waals surface area (Å²) < 4.78 is 38.5. The predicted molar refractivity (Wildman–Crippen MR) is 60.8 cm³/mol. The maximum absolute atomic E-state index is 12.9. The Hall–Kier alpha value is -1.54. The second-order valence-electron chi connectivity index (χ2n) is 3.64. The van der Waals surface area contributed by atoms with Crippen LogP contribution in [0.5, 0.6) is 0 Å². The quantitative estimate of drug-likeness (QED) is 0.799. The van der Waals surface area contributed by atoms with Crippen LogP contribution in [0.15, 0.2) is 23.4 Å². The van der Waals surface area contributed by atoms with Crippen molar-refractivity contribution in [2.24, 2.45) is 0 Å². The molecule has 0 aliphatic heterocycles. The van der Waals surface area contributed by atoms with E-state index in [0.29, 0.717) is 6.42 Å². The van der Waals surface area contributed by atoms with Gasteiger partial charge in [0, 0.05) is 6.20 Å². The molecule has 1 atom stereocenters. The van der Waals surface area contributed by atoms with Crippen LogP contribution < -0.4 is 4.72 Å². The average Bonchev–Trinajstić information content (AvgIpc) is 2.28. The van der Waals surface area contributed by atoms with Crippen molar-refractivity contribution in [1.29, 1.82) is 0 Å². The van der Waals surface area contributed by atoms with Gasteiger partial charge in [-0.3, -0.25) is 9.78 Å². The number of carbonyl (C=O) groups is 1. The minimum absolute atomic E-state index is 0.150. The SMILES string of the molecule is CCCC(NS(=O)(=O)c1cncc(F)c1)C(=O)O. The second kappa shape index (κ2) is 5.87. The van der Waals surface area contributed by atoms with E-state index >= 15 is 0 Å². The smallest absolute Gasteiger partial charge is 0.321 e. The number of aliphatic carboxylic acids is 1. The molecular weight excluding hydrogens is 263 g/mol. The molecule has 1 aromatic heterocycles. The number of nitrogens with zero attached hydrogens (tertiary/aromatic N) is 1. The van der Waals surface area contributed by atoms with Crippen LogP contribution in [-0.4, -0.2) is 30.5 Å². The Bertz CT molecular complexity index is 532. The lowest BCUT2D eigenvalue weighted by atomic mass is 10.2. The standard InChI is InChI=1S/C10H13FN2O4S/c1-2-3-9(10(14)15)13-18(16,17)8-4-7(11)5-12-6-8/h4-6,9,13H,2-3H2,1H3,(H,14,15). The van der Waals surface area contributed by atoms with Gasteiger partial charge in [0.15, 0.2) is 0 Å². The van der Waals surface area contributed by atoms with Gasteiger partial charge < -0.3 is 5.11 Å². The fraction of sp³-hybridized carbons (Fsp3) is 0.400. The fourth-order valence-electron chi connectivity index (χ4n) is 1.32. The molecular formula is C10H13FN2O4S. The first kappa shape index (κ1) is 14.5. The summed E-state index contributed by atoms with van der Waals surface area (Å²) in [5, 5.41) is 8.85. The Morgan fingerprint density at radius 1 is 1.56 bits per heavy atom. The Kier molecular flexibility index (Phi) is 4.74. The molecule has 8 heteroatoms. The van der Waals surface area contributed by atoms with E-state index < -0.39 is 32.7 Å². The maximum Gasteiger partial charge on any atom is 0.321 e. The van der Waals surface area contributed by atoms with Gasteiger partial charge >= 0.3 is 5.97 Å². The lowest BCUT2D eigenvalue weighted by Gasteiger charge is -2.13. The number of nitrogens with one attached hydrogen (secondary N) is 1. The van der Waals surface area contributed by atoms with E-state index in [1.807, 2.05) is 4.72 Å². The molecule has 0 saturated carbocycles. The van der Waals surface area contributed by atoms with Crippen LogP contribution in [0.4, 0.5) is 4.39 Å². The molecule has 0 amide bonds. The Labute approximate surface area is 104 Å². The van der Waals surface area contributed by atoms with Crippen molar-refractivity contribution in [2.45, 2.75) is 30.7 Å². The molecule has 1 unspecified atom stereocenters. The van der Waals surface area contributed by atoms with Crippen LogP contribution in [0.1, 0.15) is 19.8 Å². The van der Waals surface area contributed by atoms with E-state index in [2.05, 4.69) is 4.98 Å². The number of aromatic nitrogens is 1. The fourth-order valence-corrected chi connectivity index (χ4v) is 2.51. The van der Waals surface area contributed by atoms with Gasteiger partial charge in [0.25, 0.3) is 0 Å². The molecule has 18 heavy (non-hydrogen) atoms. The molecule has 0 aliphatic carbocycles. The van der Waals surface area contributed by atoms with Crippen LogP contribution in [0, 0.1) is 5.82 Å². The van der Waals surface area contributed by atoms with Crippen molar-refractivity contribution in [3.8, 4) is 0 Å². The minimum atomic E-state index is -4.08. The van der Waals surface area contributed by atoms with Gasteiger partial charge in [0.1, 0.15) is 16.8 Å². The van der Waals surface area contributed by atoms with E-state index in [1.165, 1.54) is 0 Å². The van der Waals surface area contributed by atoms with E-state index in [1.54, 1.807) is 6.92 Å². The van der Waals surface area contributed by atoms with Crippen LogP contribution in [0.2, 0.25) is 0 Å². The van der Waals surface area contributed by atoms with Gasteiger partial charge in [-0.1, -0.05) is 13.3 Å². The summed E-state index contributed by atoms with van der Waals surface area (Å²) in [7, 11) is -4.08. The summed E-state index contributed by atoms with van der Waals surface area (Å²) in [6.45, 7) is 1.73. The van der Waals surface area contributed by atoms with Gasteiger partial charge in [-0.05, 0) is 12.5 Å². The molecule has 1 aromatic rings. The normalized spacial score (nSPS) is 13.2. The number of halogens is 1. The number of rotatable bonds is 6. The lowest BCUT2D eigenvalue weighted by Crippen LogP contribution is -2.40. The first-order chi connectivity index (χ1) is 8.36. The zero-order chi connectivity index (χ0) is 13.8. The number of pyridine rings is 1. The highest BCUT2D eigenvalue weighted by molar-refractivity contribution is 7.89. The first-order valence-corrected chi connectivity index (χ1v) is 6.71.